The Morgan fingerprint density at radius 2 is 1.72 bits per heavy atom. The van der Waals surface area contributed by atoms with Crippen molar-refractivity contribution in [1.29, 1.82) is 0 Å². The second kappa shape index (κ2) is 7.46. The van der Waals surface area contributed by atoms with Gasteiger partial charge in [-0.25, -0.2) is 0 Å². The third kappa shape index (κ3) is 4.02. The molecule has 0 atom stereocenters. The summed E-state index contributed by atoms with van der Waals surface area (Å²) < 4.78 is 43.9. The molecule has 0 radical (unpaired) electrons. The zero-order valence-electron chi connectivity index (χ0n) is 15.8. The first-order chi connectivity index (χ1) is 13.8. The molecule has 2 fully saturated rings. The Balaban J connectivity index is 1.39. The van der Waals surface area contributed by atoms with Crippen LogP contribution in [0.2, 0.25) is 0 Å². The highest BCUT2D eigenvalue weighted by atomic mass is 19.4. The van der Waals surface area contributed by atoms with Crippen LogP contribution in [0.25, 0.3) is 0 Å². The Hall–Kier alpha value is -2.38. The molecule has 2 aliphatic heterocycles. The summed E-state index contributed by atoms with van der Waals surface area (Å²) in [6.07, 6.45) is -3.10. The molecule has 1 N–H and O–H groups in total. The molecule has 7 heteroatoms. The maximum absolute atomic E-state index is 12.9. The molecule has 1 amide bonds. The maximum atomic E-state index is 12.9. The van der Waals surface area contributed by atoms with Gasteiger partial charge in [-0.2, -0.15) is 13.2 Å². The van der Waals surface area contributed by atoms with E-state index in [9.17, 15) is 23.1 Å². The van der Waals surface area contributed by atoms with Gasteiger partial charge in [-0.05, 0) is 48.1 Å². The molecule has 0 aliphatic carbocycles. The van der Waals surface area contributed by atoms with Crippen LogP contribution in [0.3, 0.4) is 0 Å². The van der Waals surface area contributed by atoms with E-state index in [0.29, 0.717) is 37.1 Å². The van der Waals surface area contributed by atoms with Crippen LogP contribution in [0.15, 0.2) is 48.5 Å². The SMILES string of the molecule is O=C(c1ccc(C2(O)COC2)cc1)N1CCC(c2cccc(C(F)(F)F)c2)CC1. The second-order valence-corrected chi connectivity index (χ2v) is 7.79. The number of rotatable bonds is 3. The fraction of sp³-hybridized carbons (Fsp3) is 0.409. The molecule has 2 aromatic rings. The molecule has 2 saturated heterocycles. The van der Waals surface area contributed by atoms with Crippen LogP contribution in [-0.4, -0.2) is 42.2 Å². The number of piperidine rings is 1. The molecule has 0 saturated carbocycles. The average molecular weight is 405 g/mol. The molecule has 154 valence electrons. The van der Waals surface area contributed by atoms with Gasteiger partial charge >= 0.3 is 6.18 Å². The summed E-state index contributed by atoms with van der Waals surface area (Å²) in [5.74, 6) is -0.0903. The van der Waals surface area contributed by atoms with Gasteiger partial charge in [0.2, 0.25) is 0 Å². The predicted octanol–water partition coefficient (Wildman–Crippen LogP) is 3.94. The fourth-order valence-corrected chi connectivity index (χ4v) is 3.95. The Morgan fingerprint density at radius 1 is 1.07 bits per heavy atom. The number of carbonyl (C=O) groups is 1. The van der Waals surface area contributed by atoms with Crippen molar-refractivity contribution in [3.63, 3.8) is 0 Å². The van der Waals surface area contributed by atoms with Crippen LogP contribution in [0.1, 0.15) is 45.8 Å². The molecule has 2 heterocycles. The third-order valence-corrected chi connectivity index (χ3v) is 5.82. The summed E-state index contributed by atoms with van der Waals surface area (Å²) >= 11 is 0. The van der Waals surface area contributed by atoms with Crippen LogP contribution in [0.5, 0.6) is 0 Å². The number of ether oxygens (including phenoxy) is 1. The van der Waals surface area contributed by atoms with Crippen molar-refractivity contribution < 1.29 is 27.8 Å². The van der Waals surface area contributed by atoms with E-state index in [-0.39, 0.29) is 25.0 Å². The molecular weight excluding hydrogens is 383 g/mol. The van der Waals surface area contributed by atoms with Crippen molar-refractivity contribution in [2.24, 2.45) is 0 Å². The standard InChI is InChI=1S/C22H22F3NO3/c23-22(24,25)19-3-1-2-17(12-19)15-8-10-26(11-9-15)20(27)16-4-6-18(7-5-16)21(28)13-29-14-21/h1-7,12,15,28H,8-11,13-14H2. The molecule has 0 aromatic heterocycles. The van der Waals surface area contributed by atoms with Crippen LogP contribution < -0.4 is 0 Å². The highest BCUT2D eigenvalue weighted by Crippen LogP contribution is 2.34. The van der Waals surface area contributed by atoms with Gasteiger partial charge in [0.05, 0.1) is 18.8 Å². The Kier molecular flexibility index (Phi) is 5.12. The highest BCUT2D eigenvalue weighted by Gasteiger charge is 2.38. The molecule has 29 heavy (non-hydrogen) atoms. The third-order valence-electron chi connectivity index (χ3n) is 5.82. The molecule has 0 bridgehead atoms. The molecule has 0 unspecified atom stereocenters. The maximum Gasteiger partial charge on any atom is 0.416 e. The quantitative estimate of drug-likeness (QED) is 0.842. The summed E-state index contributed by atoms with van der Waals surface area (Å²) in [5, 5.41) is 10.3. The Morgan fingerprint density at radius 3 is 2.28 bits per heavy atom. The summed E-state index contributed by atoms with van der Waals surface area (Å²) in [6, 6.07) is 12.4. The first-order valence-electron chi connectivity index (χ1n) is 9.63. The zero-order chi connectivity index (χ0) is 20.6. The molecule has 4 nitrogen and oxygen atoms in total. The smallest absolute Gasteiger partial charge is 0.380 e. The molecular formula is C22H22F3NO3. The van der Waals surface area contributed by atoms with Gasteiger partial charge in [-0.15, -0.1) is 0 Å². The largest absolute Gasteiger partial charge is 0.416 e. The number of carbonyl (C=O) groups excluding carboxylic acids is 1. The van der Waals surface area contributed by atoms with Gasteiger partial charge in [-0.3, -0.25) is 4.79 Å². The first-order valence-corrected chi connectivity index (χ1v) is 9.63. The highest BCUT2D eigenvalue weighted by molar-refractivity contribution is 5.94. The van der Waals surface area contributed by atoms with Gasteiger partial charge in [-0.1, -0.05) is 30.3 Å². The van der Waals surface area contributed by atoms with E-state index in [1.165, 1.54) is 12.1 Å². The van der Waals surface area contributed by atoms with E-state index in [2.05, 4.69) is 0 Å². The van der Waals surface area contributed by atoms with Crippen LogP contribution >= 0.6 is 0 Å². The lowest BCUT2D eigenvalue weighted by atomic mass is 9.88. The Labute approximate surface area is 166 Å². The number of likely N-dealkylation sites (tertiary alicyclic amines) is 1. The monoisotopic (exact) mass is 405 g/mol. The number of hydrogen-bond donors (Lipinski definition) is 1. The number of benzene rings is 2. The number of amides is 1. The van der Waals surface area contributed by atoms with Gasteiger partial charge in [0, 0.05) is 18.7 Å². The summed E-state index contributed by atoms with van der Waals surface area (Å²) in [6.45, 7) is 1.51. The molecule has 2 aromatic carbocycles. The normalized spacial score (nSPS) is 19.7. The summed E-state index contributed by atoms with van der Waals surface area (Å²) in [7, 11) is 0. The number of hydrogen-bond acceptors (Lipinski definition) is 3. The van der Waals surface area contributed by atoms with E-state index in [4.69, 9.17) is 4.74 Å². The lowest BCUT2D eigenvalue weighted by Gasteiger charge is -2.37. The van der Waals surface area contributed by atoms with Crippen LogP contribution in [0, 0.1) is 0 Å². The van der Waals surface area contributed by atoms with Crippen molar-refractivity contribution in [3.05, 3.63) is 70.8 Å². The van der Waals surface area contributed by atoms with Crippen molar-refractivity contribution in [3.8, 4) is 0 Å². The number of aliphatic hydroxyl groups is 1. The van der Waals surface area contributed by atoms with E-state index >= 15 is 0 Å². The van der Waals surface area contributed by atoms with E-state index in [1.54, 1.807) is 35.2 Å². The summed E-state index contributed by atoms with van der Waals surface area (Å²) in [4.78, 5) is 14.5. The van der Waals surface area contributed by atoms with Gasteiger partial charge < -0.3 is 14.7 Å². The number of halogens is 3. The average Bonchev–Trinajstić information content (AvgIpc) is 2.71. The summed E-state index contributed by atoms with van der Waals surface area (Å²) in [5.41, 5.74) is 0.336. The minimum absolute atomic E-state index is 0.0107. The molecule has 4 rings (SSSR count). The van der Waals surface area contributed by atoms with Crippen molar-refractivity contribution >= 4 is 5.91 Å². The van der Waals surface area contributed by atoms with E-state index in [1.807, 2.05) is 0 Å². The number of nitrogens with zero attached hydrogens (tertiary/aromatic N) is 1. The lowest BCUT2D eigenvalue weighted by molar-refractivity contribution is -0.184. The zero-order valence-corrected chi connectivity index (χ0v) is 15.8. The van der Waals surface area contributed by atoms with Crippen molar-refractivity contribution in [2.45, 2.75) is 30.5 Å². The fourth-order valence-electron chi connectivity index (χ4n) is 3.95. The molecule has 0 spiro atoms. The first kappa shape index (κ1) is 19.9. The van der Waals surface area contributed by atoms with E-state index < -0.39 is 17.3 Å². The Bertz CT molecular complexity index is 883. The van der Waals surface area contributed by atoms with E-state index in [0.717, 1.165) is 11.6 Å². The van der Waals surface area contributed by atoms with Crippen LogP contribution in [0.4, 0.5) is 13.2 Å². The topological polar surface area (TPSA) is 49.8 Å². The van der Waals surface area contributed by atoms with Crippen molar-refractivity contribution in [2.75, 3.05) is 26.3 Å². The number of alkyl halides is 3. The van der Waals surface area contributed by atoms with Gasteiger partial charge in [0.15, 0.2) is 0 Å². The lowest BCUT2D eigenvalue weighted by Crippen LogP contribution is -2.46. The molecule has 2 aliphatic rings. The predicted molar refractivity (Wildman–Crippen MR) is 100 cm³/mol. The van der Waals surface area contributed by atoms with Crippen molar-refractivity contribution in [1.82, 2.24) is 4.90 Å². The van der Waals surface area contributed by atoms with Gasteiger partial charge in [0.1, 0.15) is 5.60 Å². The van der Waals surface area contributed by atoms with Gasteiger partial charge in [0.25, 0.3) is 5.91 Å². The minimum Gasteiger partial charge on any atom is -0.380 e. The second-order valence-electron chi connectivity index (χ2n) is 7.79. The minimum atomic E-state index is -4.35. The van der Waals surface area contributed by atoms with Crippen LogP contribution in [-0.2, 0) is 16.5 Å².